The molecule has 0 aliphatic heterocycles. The number of rotatable bonds is 3. The van der Waals surface area contributed by atoms with Gasteiger partial charge in [-0.15, -0.1) is 0 Å². The number of hydrogen-bond donors (Lipinski definition) is 2. The van der Waals surface area contributed by atoms with Gasteiger partial charge in [-0.25, -0.2) is 14.3 Å². The van der Waals surface area contributed by atoms with Gasteiger partial charge in [0.1, 0.15) is 11.6 Å². The second-order valence-electron chi connectivity index (χ2n) is 3.81. The van der Waals surface area contributed by atoms with E-state index in [0.29, 0.717) is 20.8 Å². The number of hydrogen-bond acceptors (Lipinski definition) is 3. The maximum Gasteiger partial charge on any atom is 0.153 e. The van der Waals surface area contributed by atoms with E-state index in [-0.39, 0.29) is 17.9 Å². The summed E-state index contributed by atoms with van der Waals surface area (Å²) in [5.74, 6) is -0.841. The van der Waals surface area contributed by atoms with Crippen molar-refractivity contribution in [1.82, 2.24) is 5.48 Å². The van der Waals surface area contributed by atoms with Crippen LogP contribution < -0.4 is 5.48 Å². The second-order valence-corrected chi connectivity index (χ2v) is 5.52. The van der Waals surface area contributed by atoms with Gasteiger partial charge in [0.05, 0.1) is 14.5 Å². The van der Waals surface area contributed by atoms with Crippen molar-refractivity contribution >= 4 is 38.1 Å². The molecule has 7 heteroatoms. The number of carbonyl (C=O) groups excluding carboxylic acids is 1. The van der Waals surface area contributed by atoms with E-state index in [1.165, 1.54) is 6.07 Å². The van der Waals surface area contributed by atoms with Crippen LogP contribution >= 0.6 is 31.9 Å². The highest BCUT2D eigenvalue weighted by Crippen LogP contribution is 2.18. The van der Waals surface area contributed by atoms with E-state index >= 15 is 0 Å². The molecular weight excluding hydrogens is 412 g/mol. The Kier molecular flexibility index (Phi) is 7.66. The highest BCUT2D eigenvalue weighted by molar-refractivity contribution is 9.10. The van der Waals surface area contributed by atoms with Crippen molar-refractivity contribution in [1.29, 1.82) is 0 Å². The third-order valence-electron chi connectivity index (χ3n) is 2.41. The van der Waals surface area contributed by atoms with Crippen LogP contribution in [0.4, 0.5) is 8.78 Å². The minimum absolute atomic E-state index is 0.0781. The Morgan fingerprint density at radius 2 is 1.62 bits per heavy atom. The molecule has 0 aliphatic carbocycles. The fraction of sp³-hybridized carbons (Fsp3) is 0.0714. The molecule has 0 fully saturated rings. The van der Waals surface area contributed by atoms with E-state index in [0.717, 1.165) is 0 Å². The lowest BCUT2D eigenvalue weighted by atomic mass is 10.2. The lowest BCUT2D eigenvalue weighted by molar-refractivity contribution is 0.111. The fourth-order valence-electron chi connectivity index (χ4n) is 1.38. The van der Waals surface area contributed by atoms with Crippen LogP contribution in [-0.2, 0) is 6.54 Å². The summed E-state index contributed by atoms with van der Waals surface area (Å²) >= 11 is 5.98. The molecule has 2 rings (SSSR count). The van der Waals surface area contributed by atoms with Gasteiger partial charge in [0, 0.05) is 12.1 Å². The van der Waals surface area contributed by atoms with Crippen molar-refractivity contribution in [3.05, 3.63) is 68.1 Å². The predicted molar refractivity (Wildman–Crippen MR) is 82.2 cm³/mol. The predicted octanol–water partition coefficient (Wildman–Crippen LogP) is 4.47. The molecule has 0 spiro atoms. The molecule has 0 bridgehead atoms. The molecule has 0 saturated carbocycles. The first kappa shape index (κ1) is 17.9. The van der Waals surface area contributed by atoms with Gasteiger partial charge in [0.2, 0.25) is 0 Å². The number of aldehydes is 1. The maximum atomic E-state index is 13.0. The van der Waals surface area contributed by atoms with Gasteiger partial charge in [0.25, 0.3) is 0 Å². The van der Waals surface area contributed by atoms with Gasteiger partial charge in [0.15, 0.2) is 6.29 Å². The summed E-state index contributed by atoms with van der Waals surface area (Å²) < 4.78 is 26.4. The summed E-state index contributed by atoms with van der Waals surface area (Å²) in [4.78, 5) is 10.1. The van der Waals surface area contributed by atoms with Gasteiger partial charge in [-0.05, 0) is 50.1 Å². The van der Waals surface area contributed by atoms with Crippen molar-refractivity contribution in [2.75, 3.05) is 0 Å². The molecule has 0 aliphatic rings. The quantitative estimate of drug-likeness (QED) is 0.566. The van der Waals surface area contributed by atoms with E-state index in [2.05, 4.69) is 31.9 Å². The number of carbonyl (C=O) groups is 1. The third-order valence-corrected chi connectivity index (χ3v) is 3.63. The molecule has 0 unspecified atom stereocenters. The van der Waals surface area contributed by atoms with Gasteiger partial charge in [-0.2, -0.15) is 0 Å². The zero-order valence-corrected chi connectivity index (χ0v) is 13.8. The molecule has 2 aromatic rings. The van der Waals surface area contributed by atoms with Crippen molar-refractivity contribution in [3.63, 3.8) is 0 Å². The van der Waals surface area contributed by atoms with E-state index in [9.17, 15) is 13.6 Å². The molecule has 112 valence electrons. The van der Waals surface area contributed by atoms with Gasteiger partial charge in [-0.3, -0.25) is 4.79 Å². The molecule has 0 atom stereocenters. The summed E-state index contributed by atoms with van der Waals surface area (Å²) in [6.45, 7) is 0.116. The zero-order valence-electron chi connectivity index (χ0n) is 10.6. The van der Waals surface area contributed by atoms with Crippen LogP contribution in [0.1, 0.15) is 15.9 Å². The average Bonchev–Trinajstić information content (AvgIpc) is 2.48. The molecule has 3 nitrogen and oxygen atoms in total. The van der Waals surface area contributed by atoms with Crippen LogP contribution in [-0.4, -0.2) is 11.5 Å². The van der Waals surface area contributed by atoms with Crippen LogP contribution in [0.2, 0.25) is 0 Å². The molecule has 0 saturated heterocycles. The van der Waals surface area contributed by atoms with Gasteiger partial charge in [-0.1, -0.05) is 18.2 Å². The van der Waals surface area contributed by atoms with E-state index < -0.39 is 5.82 Å². The smallest absolute Gasteiger partial charge is 0.153 e. The normalized spacial score (nSPS) is 9.76. The zero-order chi connectivity index (χ0) is 15.8. The number of benzene rings is 2. The van der Waals surface area contributed by atoms with Crippen molar-refractivity contribution < 1.29 is 18.8 Å². The Balaban J connectivity index is 0.000000211. The van der Waals surface area contributed by atoms with Gasteiger partial charge < -0.3 is 5.21 Å². The number of nitrogens with one attached hydrogen (secondary N) is 1. The minimum atomic E-state index is -0.502. The van der Waals surface area contributed by atoms with E-state index in [4.69, 9.17) is 5.21 Å². The lowest BCUT2D eigenvalue weighted by Gasteiger charge is -2.01. The monoisotopic (exact) mass is 421 g/mol. The summed E-state index contributed by atoms with van der Waals surface area (Å²) in [6, 6.07) is 9.49. The van der Waals surface area contributed by atoms with Crippen molar-refractivity contribution in [3.8, 4) is 0 Å². The Morgan fingerprint density at radius 3 is 2.14 bits per heavy atom. The van der Waals surface area contributed by atoms with Gasteiger partial charge >= 0.3 is 0 Å². The highest BCUT2D eigenvalue weighted by Gasteiger charge is 2.04. The van der Waals surface area contributed by atoms with Crippen LogP contribution in [0.3, 0.4) is 0 Å². The second kappa shape index (κ2) is 8.99. The molecule has 0 heterocycles. The maximum absolute atomic E-state index is 13.0. The third kappa shape index (κ3) is 5.28. The van der Waals surface area contributed by atoms with Crippen molar-refractivity contribution in [2.24, 2.45) is 0 Å². The summed E-state index contributed by atoms with van der Waals surface area (Å²) in [5, 5.41) is 8.30. The minimum Gasteiger partial charge on any atom is -0.316 e. The Bertz CT molecular complexity index is 624. The SMILES string of the molecule is O=Cc1cccc(Br)c1F.ONCc1cccc(Br)c1F. The number of hydroxylamine groups is 1. The van der Waals surface area contributed by atoms with Crippen LogP contribution in [0, 0.1) is 11.6 Å². The molecule has 21 heavy (non-hydrogen) atoms. The topological polar surface area (TPSA) is 49.3 Å². The van der Waals surface area contributed by atoms with Crippen LogP contribution in [0.15, 0.2) is 45.3 Å². The van der Waals surface area contributed by atoms with E-state index in [1.807, 2.05) is 5.48 Å². The molecule has 0 aromatic heterocycles. The lowest BCUT2D eigenvalue weighted by Crippen LogP contribution is -2.07. The summed E-state index contributed by atoms with van der Waals surface area (Å²) in [5.41, 5.74) is 2.40. The van der Waals surface area contributed by atoms with Crippen LogP contribution in [0.5, 0.6) is 0 Å². The standard InChI is InChI=1S/C7H7BrFNO.C7H4BrFO/c8-6-3-1-2-5(4-10-11)7(6)9;8-6-3-1-2-5(4-10)7(6)9/h1-3,10-11H,4H2;1-4H. The Morgan fingerprint density at radius 1 is 1.05 bits per heavy atom. The Hall–Kier alpha value is -1.15. The first-order chi connectivity index (χ1) is 10.0. The number of halogens is 4. The molecule has 2 aromatic carbocycles. The average molecular weight is 423 g/mol. The van der Waals surface area contributed by atoms with Crippen molar-refractivity contribution in [2.45, 2.75) is 6.54 Å². The summed E-state index contributed by atoms with van der Waals surface area (Å²) in [6.07, 6.45) is 0.486. The highest BCUT2D eigenvalue weighted by atomic mass is 79.9. The largest absolute Gasteiger partial charge is 0.316 e. The summed E-state index contributed by atoms with van der Waals surface area (Å²) in [7, 11) is 0. The molecule has 0 amide bonds. The fourth-order valence-corrected chi connectivity index (χ4v) is 2.17. The molecular formula is C14H11Br2F2NO2. The molecule has 0 radical (unpaired) electrons. The van der Waals surface area contributed by atoms with E-state index in [1.54, 1.807) is 30.3 Å². The first-order valence-electron chi connectivity index (χ1n) is 5.70. The van der Waals surface area contributed by atoms with Crippen LogP contribution in [0.25, 0.3) is 0 Å². The first-order valence-corrected chi connectivity index (χ1v) is 7.29. The molecule has 2 N–H and O–H groups in total. The Labute approximate surface area is 137 Å².